The van der Waals surface area contributed by atoms with Gasteiger partial charge in [-0.15, -0.1) is 0 Å². The van der Waals surface area contributed by atoms with E-state index in [-0.39, 0.29) is 0 Å². The highest BCUT2D eigenvalue weighted by Gasteiger charge is 2.41. The maximum Gasteiger partial charge on any atom is 0.436 e. The summed E-state index contributed by atoms with van der Waals surface area (Å²) >= 11 is 4.27. The van der Waals surface area contributed by atoms with Gasteiger partial charge in [0.1, 0.15) is 0 Å². The van der Waals surface area contributed by atoms with Crippen LogP contribution in [0.4, 0.5) is 22.0 Å². The zero-order chi connectivity index (χ0) is 8.36. The van der Waals surface area contributed by atoms with Crippen LogP contribution in [-0.4, -0.2) is 17.5 Å². The molecule has 1 nitrogen and oxygen atoms in total. The van der Waals surface area contributed by atoms with Gasteiger partial charge in [0.05, 0.1) is 0 Å². The highest BCUT2D eigenvalue weighted by atomic mass is 35.5. The second kappa shape index (κ2) is 3.14. The van der Waals surface area contributed by atoms with Crippen molar-refractivity contribution in [3.05, 3.63) is 0 Å². The number of nitrogens with zero attached hydrogens (tertiary/aromatic N) is 1. The Morgan fingerprint density at radius 2 is 1.80 bits per heavy atom. The van der Waals surface area contributed by atoms with Crippen LogP contribution < -0.4 is 0 Å². The summed E-state index contributed by atoms with van der Waals surface area (Å²) in [5, 5.41) is 1.14. The summed E-state index contributed by atoms with van der Waals surface area (Å²) in [5.41, 5.74) is -5.22. The van der Waals surface area contributed by atoms with Crippen LogP contribution in [0.1, 0.15) is 0 Å². The van der Waals surface area contributed by atoms with Gasteiger partial charge in [-0.2, -0.15) is 13.2 Å². The Morgan fingerprint density at radius 1 is 1.40 bits per heavy atom. The van der Waals surface area contributed by atoms with E-state index >= 15 is 0 Å². The molecule has 0 aromatic carbocycles. The first kappa shape index (κ1) is 9.61. The molecule has 0 N–H and O–H groups in total. The number of rotatable bonds is 1. The number of alkyl halides is 5. The summed E-state index contributed by atoms with van der Waals surface area (Å²) < 4.78 is 56.3. The summed E-state index contributed by atoms with van der Waals surface area (Å²) in [6.45, 7) is 0. The maximum absolute atomic E-state index is 11.5. The minimum Gasteiger partial charge on any atom is -0.223 e. The first-order chi connectivity index (χ1) is 4.39. The monoisotopic (exact) mass is 181 g/mol. The van der Waals surface area contributed by atoms with E-state index in [0.717, 1.165) is 5.21 Å². The van der Waals surface area contributed by atoms with Gasteiger partial charge in [0.25, 0.3) is 0 Å². The minimum absolute atomic E-state index is 1.14. The molecule has 1 unspecified atom stereocenters. The number of halogens is 6. The van der Waals surface area contributed by atoms with Crippen molar-refractivity contribution in [1.29, 1.82) is 0 Å². The van der Waals surface area contributed by atoms with E-state index in [0.29, 0.717) is 0 Å². The van der Waals surface area contributed by atoms with Crippen molar-refractivity contribution in [2.75, 3.05) is 0 Å². The van der Waals surface area contributed by atoms with E-state index < -0.39 is 17.5 Å². The van der Waals surface area contributed by atoms with Gasteiger partial charge < -0.3 is 0 Å². The summed E-state index contributed by atoms with van der Waals surface area (Å²) in [6.07, 6.45) is -5.14. The van der Waals surface area contributed by atoms with Crippen LogP contribution in [0.25, 0.3) is 0 Å². The van der Waals surface area contributed by atoms with Gasteiger partial charge in [0.15, 0.2) is 0 Å². The Labute approximate surface area is 57.4 Å². The van der Waals surface area contributed by atoms with Gasteiger partial charge in [-0.1, -0.05) is 21.3 Å². The van der Waals surface area contributed by atoms with Crippen molar-refractivity contribution in [3.63, 3.8) is 0 Å². The van der Waals surface area contributed by atoms with Crippen molar-refractivity contribution in [2.45, 2.75) is 11.8 Å². The first-order valence-corrected chi connectivity index (χ1v) is 2.37. The molecule has 0 rings (SSSR count). The Morgan fingerprint density at radius 3 is 1.80 bits per heavy atom. The molecule has 0 fully saturated rings. The normalized spacial score (nSPS) is 17.2. The van der Waals surface area contributed by atoms with Crippen LogP contribution >= 0.6 is 11.6 Å². The Balaban J connectivity index is 4.40. The lowest BCUT2D eigenvalue weighted by Crippen LogP contribution is -2.28. The topological polar surface area (TPSA) is 12.4 Å². The van der Waals surface area contributed by atoms with E-state index in [2.05, 4.69) is 11.6 Å². The third-order valence-corrected chi connectivity index (χ3v) is 0.795. The van der Waals surface area contributed by atoms with E-state index in [1.54, 1.807) is 0 Å². The van der Waals surface area contributed by atoms with E-state index in [4.69, 9.17) is 0 Å². The SMILES string of the molecule is FN=C(C(F)Cl)C(F)(F)F. The van der Waals surface area contributed by atoms with Crippen LogP contribution in [-0.2, 0) is 0 Å². The molecule has 0 aromatic heterocycles. The molecular formula is C3HClF5N. The number of hydrogen-bond acceptors (Lipinski definition) is 1. The highest BCUT2D eigenvalue weighted by Crippen LogP contribution is 2.22. The molecule has 0 aliphatic heterocycles. The Kier molecular flexibility index (Phi) is 3.01. The molecule has 0 aliphatic carbocycles. The van der Waals surface area contributed by atoms with Crippen LogP contribution in [0.15, 0.2) is 5.21 Å². The van der Waals surface area contributed by atoms with Crippen molar-refractivity contribution in [2.24, 2.45) is 5.21 Å². The largest absolute Gasteiger partial charge is 0.436 e. The highest BCUT2D eigenvalue weighted by molar-refractivity contribution is 6.31. The van der Waals surface area contributed by atoms with Crippen molar-refractivity contribution >= 4 is 17.3 Å². The zero-order valence-corrected chi connectivity index (χ0v) is 5.05. The lowest BCUT2D eigenvalue weighted by molar-refractivity contribution is -0.0631. The molecular weight excluding hydrogens is 180 g/mol. The molecule has 1 atom stereocenters. The van der Waals surface area contributed by atoms with Gasteiger partial charge in [0.2, 0.25) is 11.3 Å². The first-order valence-electron chi connectivity index (χ1n) is 1.93. The predicted molar refractivity (Wildman–Crippen MR) is 25.3 cm³/mol. The minimum atomic E-state index is -5.14. The van der Waals surface area contributed by atoms with Crippen molar-refractivity contribution in [3.8, 4) is 0 Å². The molecule has 0 aliphatic rings. The third kappa shape index (κ3) is 2.47. The molecule has 0 spiro atoms. The predicted octanol–water partition coefficient (Wildman–Crippen LogP) is 2.41. The van der Waals surface area contributed by atoms with Crippen LogP contribution in [0, 0.1) is 0 Å². The maximum atomic E-state index is 11.5. The molecule has 0 saturated heterocycles. The van der Waals surface area contributed by atoms with Crippen molar-refractivity contribution < 1.29 is 22.0 Å². The number of hydrogen-bond donors (Lipinski definition) is 0. The standard InChI is InChI=1S/C3HClF5N/c4-2(5)1(10-9)3(6,7)8/h2H. The second-order valence-corrected chi connectivity index (χ2v) is 1.65. The lowest BCUT2D eigenvalue weighted by Gasteiger charge is -2.05. The lowest BCUT2D eigenvalue weighted by atomic mass is 10.4. The average molecular weight is 181 g/mol. The van der Waals surface area contributed by atoms with Gasteiger partial charge in [-0.05, 0) is 0 Å². The smallest absolute Gasteiger partial charge is 0.223 e. The van der Waals surface area contributed by atoms with Gasteiger partial charge in [0, 0.05) is 0 Å². The average Bonchev–Trinajstić information content (AvgIpc) is 1.60. The Hall–Kier alpha value is -0.390. The summed E-state index contributed by atoms with van der Waals surface area (Å²) in [7, 11) is 0. The summed E-state index contributed by atoms with van der Waals surface area (Å²) in [4.78, 5) is 0. The van der Waals surface area contributed by atoms with Gasteiger partial charge >= 0.3 is 6.18 Å². The molecule has 0 saturated carbocycles. The Bertz CT molecular complexity index is 138. The molecule has 0 aromatic rings. The van der Waals surface area contributed by atoms with Gasteiger partial charge in [-0.25, -0.2) is 4.39 Å². The fourth-order valence-electron chi connectivity index (χ4n) is 0.209. The molecule has 0 bridgehead atoms. The summed E-state index contributed by atoms with van der Waals surface area (Å²) in [5.74, 6) is 0. The molecule has 10 heavy (non-hydrogen) atoms. The van der Waals surface area contributed by atoms with Gasteiger partial charge in [-0.3, -0.25) is 0 Å². The molecule has 0 heterocycles. The zero-order valence-electron chi connectivity index (χ0n) is 4.29. The fourth-order valence-corrected chi connectivity index (χ4v) is 0.369. The quantitative estimate of drug-likeness (QED) is 0.335. The fraction of sp³-hybridized carbons (Fsp3) is 0.667. The molecule has 0 amide bonds. The van der Waals surface area contributed by atoms with Crippen LogP contribution in [0.3, 0.4) is 0 Å². The van der Waals surface area contributed by atoms with E-state index in [1.165, 1.54) is 0 Å². The molecule has 7 heteroatoms. The summed E-state index contributed by atoms with van der Waals surface area (Å²) in [6, 6.07) is 0. The molecule has 60 valence electrons. The van der Waals surface area contributed by atoms with E-state index in [1.807, 2.05) is 0 Å². The van der Waals surface area contributed by atoms with E-state index in [9.17, 15) is 22.0 Å². The third-order valence-electron chi connectivity index (χ3n) is 0.588. The molecule has 0 radical (unpaired) electrons. The second-order valence-electron chi connectivity index (χ2n) is 1.27. The van der Waals surface area contributed by atoms with Crippen molar-refractivity contribution in [1.82, 2.24) is 0 Å². The van der Waals surface area contributed by atoms with Crippen LogP contribution in [0.5, 0.6) is 0 Å². The van der Waals surface area contributed by atoms with Crippen LogP contribution in [0.2, 0.25) is 0 Å².